The Morgan fingerprint density at radius 2 is 2.07 bits per heavy atom. The molecular formula is C12H22N2O. The summed E-state index contributed by atoms with van der Waals surface area (Å²) in [4.78, 5) is 2.18. The van der Waals surface area contributed by atoms with Gasteiger partial charge in [0, 0.05) is 6.54 Å². The summed E-state index contributed by atoms with van der Waals surface area (Å²) in [6.07, 6.45) is 5.10. The molecule has 0 aromatic heterocycles. The van der Waals surface area contributed by atoms with Gasteiger partial charge in [0.15, 0.2) is 0 Å². The molecule has 1 aliphatic carbocycles. The van der Waals surface area contributed by atoms with E-state index in [4.69, 9.17) is 5.21 Å². The zero-order chi connectivity index (χ0) is 11.5. The van der Waals surface area contributed by atoms with Crippen LogP contribution >= 0.6 is 0 Å². The number of hydrogen-bond donors (Lipinski definition) is 1. The van der Waals surface area contributed by atoms with Gasteiger partial charge < -0.3 is 10.1 Å². The van der Waals surface area contributed by atoms with Gasteiger partial charge >= 0.3 is 0 Å². The number of hydrogen-bond acceptors (Lipinski definition) is 3. The van der Waals surface area contributed by atoms with Crippen LogP contribution in [0.2, 0.25) is 0 Å². The van der Waals surface area contributed by atoms with Gasteiger partial charge in [0.05, 0.1) is 5.71 Å². The molecule has 0 amide bonds. The number of allylic oxidation sites excluding steroid dienone is 1. The molecule has 0 saturated carbocycles. The van der Waals surface area contributed by atoms with Crippen molar-refractivity contribution in [2.75, 3.05) is 20.6 Å². The van der Waals surface area contributed by atoms with Crippen molar-refractivity contribution >= 4 is 5.71 Å². The summed E-state index contributed by atoms with van der Waals surface area (Å²) >= 11 is 0. The average Bonchev–Trinajstić information content (AvgIpc) is 2.12. The molecule has 3 heteroatoms. The first-order valence-corrected chi connectivity index (χ1v) is 5.48. The molecule has 0 spiro atoms. The van der Waals surface area contributed by atoms with Crippen molar-refractivity contribution in [1.29, 1.82) is 0 Å². The molecule has 0 aliphatic heterocycles. The van der Waals surface area contributed by atoms with E-state index in [1.54, 1.807) is 0 Å². The molecule has 0 aromatic carbocycles. The lowest BCUT2D eigenvalue weighted by Gasteiger charge is -2.30. The molecule has 0 unspecified atom stereocenters. The van der Waals surface area contributed by atoms with Crippen LogP contribution < -0.4 is 0 Å². The molecule has 0 atom stereocenters. The van der Waals surface area contributed by atoms with Crippen LogP contribution in [0.4, 0.5) is 0 Å². The summed E-state index contributed by atoms with van der Waals surface area (Å²) in [5.41, 5.74) is 2.45. The second-order valence-corrected chi connectivity index (χ2v) is 5.46. The van der Waals surface area contributed by atoms with Crippen LogP contribution in [0, 0.1) is 5.41 Å². The highest BCUT2D eigenvalue weighted by molar-refractivity contribution is 5.96. The summed E-state index contributed by atoms with van der Waals surface area (Å²) < 4.78 is 0. The van der Waals surface area contributed by atoms with E-state index in [1.165, 1.54) is 5.57 Å². The van der Waals surface area contributed by atoms with Gasteiger partial charge in [-0.15, -0.1) is 0 Å². The van der Waals surface area contributed by atoms with E-state index in [1.807, 2.05) is 0 Å². The zero-order valence-electron chi connectivity index (χ0n) is 10.2. The molecule has 0 bridgehead atoms. The Bertz CT molecular complexity index is 277. The molecule has 0 fully saturated rings. The molecular weight excluding hydrogens is 188 g/mol. The van der Waals surface area contributed by atoms with E-state index in [2.05, 4.69) is 44.1 Å². The number of oxime groups is 1. The van der Waals surface area contributed by atoms with Gasteiger partial charge in [0.25, 0.3) is 0 Å². The van der Waals surface area contributed by atoms with E-state index in [-0.39, 0.29) is 5.41 Å². The van der Waals surface area contributed by atoms with Crippen molar-refractivity contribution in [2.24, 2.45) is 10.6 Å². The first-order chi connectivity index (χ1) is 6.93. The van der Waals surface area contributed by atoms with Gasteiger partial charge in [-0.05, 0) is 44.8 Å². The first-order valence-electron chi connectivity index (χ1n) is 5.48. The topological polar surface area (TPSA) is 35.8 Å². The van der Waals surface area contributed by atoms with Crippen LogP contribution in [-0.2, 0) is 0 Å². The highest BCUT2D eigenvalue weighted by Crippen LogP contribution is 2.35. The lowest BCUT2D eigenvalue weighted by atomic mass is 9.76. The van der Waals surface area contributed by atoms with Crippen molar-refractivity contribution in [2.45, 2.75) is 33.1 Å². The second kappa shape index (κ2) is 4.79. The molecule has 1 rings (SSSR count). The fraction of sp³-hybridized carbons (Fsp3) is 0.750. The zero-order valence-corrected chi connectivity index (χ0v) is 10.2. The second-order valence-electron chi connectivity index (χ2n) is 5.46. The summed E-state index contributed by atoms with van der Waals surface area (Å²) in [5.74, 6) is 0. The lowest BCUT2D eigenvalue weighted by molar-refractivity contribution is 0.305. The van der Waals surface area contributed by atoms with E-state index in [0.29, 0.717) is 0 Å². The van der Waals surface area contributed by atoms with Crippen LogP contribution in [-0.4, -0.2) is 36.5 Å². The molecule has 86 valence electrons. The molecule has 0 radical (unpaired) electrons. The summed E-state index contributed by atoms with van der Waals surface area (Å²) in [6, 6.07) is 0. The van der Waals surface area contributed by atoms with Crippen LogP contribution in [0.5, 0.6) is 0 Å². The quantitative estimate of drug-likeness (QED) is 0.574. The lowest BCUT2D eigenvalue weighted by Crippen LogP contribution is -2.23. The third kappa shape index (κ3) is 4.04. The maximum atomic E-state index is 8.85. The molecule has 0 heterocycles. The van der Waals surface area contributed by atoms with Crippen LogP contribution in [0.25, 0.3) is 0 Å². The number of nitrogens with zero attached hydrogens (tertiary/aromatic N) is 2. The largest absolute Gasteiger partial charge is 0.411 e. The molecule has 1 N–H and O–H groups in total. The third-order valence-corrected chi connectivity index (χ3v) is 2.74. The molecule has 0 saturated heterocycles. The minimum atomic E-state index is 0.234. The number of rotatable bonds is 3. The van der Waals surface area contributed by atoms with E-state index in [9.17, 15) is 0 Å². The molecule has 1 aliphatic rings. The van der Waals surface area contributed by atoms with Crippen molar-refractivity contribution in [3.8, 4) is 0 Å². The summed E-state index contributed by atoms with van der Waals surface area (Å²) in [5, 5.41) is 12.2. The summed E-state index contributed by atoms with van der Waals surface area (Å²) in [6.45, 7) is 5.50. The van der Waals surface area contributed by atoms with Gasteiger partial charge in [-0.25, -0.2) is 0 Å². The SMILES string of the molecule is CN(C)CCC1=C/C(=N\O)CC(C)(C)C1. The fourth-order valence-corrected chi connectivity index (χ4v) is 2.10. The Labute approximate surface area is 92.5 Å². The maximum absolute atomic E-state index is 8.85. The Kier molecular flexibility index (Phi) is 3.91. The van der Waals surface area contributed by atoms with Gasteiger partial charge in [0.1, 0.15) is 0 Å². The average molecular weight is 210 g/mol. The monoisotopic (exact) mass is 210 g/mol. The molecule has 0 aromatic rings. The fourth-order valence-electron chi connectivity index (χ4n) is 2.10. The van der Waals surface area contributed by atoms with Crippen molar-refractivity contribution in [3.05, 3.63) is 11.6 Å². The van der Waals surface area contributed by atoms with Crippen LogP contribution in [0.1, 0.15) is 33.1 Å². The van der Waals surface area contributed by atoms with E-state index < -0.39 is 0 Å². The standard InChI is InChI=1S/C12H22N2O/c1-12(2)8-10(5-6-14(3)4)7-11(9-12)13-15/h7,15H,5-6,8-9H2,1-4H3/b13-11+. The van der Waals surface area contributed by atoms with E-state index in [0.717, 1.165) is 31.5 Å². The predicted molar refractivity (Wildman–Crippen MR) is 63.5 cm³/mol. The smallest absolute Gasteiger partial charge is 0.0800 e. The molecule has 3 nitrogen and oxygen atoms in total. The van der Waals surface area contributed by atoms with Crippen molar-refractivity contribution in [3.63, 3.8) is 0 Å². The minimum absolute atomic E-state index is 0.234. The Morgan fingerprint density at radius 1 is 1.40 bits per heavy atom. The third-order valence-electron chi connectivity index (χ3n) is 2.74. The van der Waals surface area contributed by atoms with Crippen LogP contribution in [0.15, 0.2) is 16.8 Å². The first kappa shape index (κ1) is 12.2. The predicted octanol–water partition coefficient (Wildman–Crippen LogP) is 2.51. The Balaban J connectivity index is 2.67. The highest BCUT2D eigenvalue weighted by Gasteiger charge is 2.26. The summed E-state index contributed by atoms with van der Waals surface area (Å²) in [7, 11) is 4.16. The maximum Gasteiger partial charge on any atom is 0.0800 e. The van der Waals surface area contributed by atoms with Gasteiger partial charge in [-0.1, -0.05) is 24.6 Å². The van der Waals surface area contributed by atoms with Gasteiger partial charge in [0.2, 0.25) is 0 Å². The van der Waals surface area contributed by atoms with Crippen molar-refractivity contribution in [1.82, 2.24) is 4.90 Å². The Hall–Kier alpha value is -0.830. The van der Waals surface area contributed by atoms with Crippen molar-refractivity contribution < 1.29 is 5.21 Å². The Morgan fingerprint density at radius 3 is 2.60 bits per heavy atom. The van der Waals surface area contributed by atoms with E-state index >= 15 is 0 Å². The normalized spacial score (nSPS) is 23.3. The van der Waals surface area contributed by atoms with Gasteiger partial charge in [-0.3, -0.25) is 0 Å². The highest BCUT2D eigenvalue weighted by atomic mass is 16.4. The minimum Gasteiger partial charge on any atom is -0.411 e. The van der Waals surface area contributed by atoms with Crippen LogP contribution in [0.3, 0.4) is 0 Å². The van der Waals surface area contributed by atoms with Gasteiger partial charge in [-0.2, -0.15) is 0 Å². The molecule has 15 heavy (non-hydrogen) atoms.